The molecule has 0 amide bonds. The first-order valence-corrected chi connectivity index (χ1v) is 4.45. The average molecular weight is 231 g/mol. The lowest BCUT2D eigenvalue weighted by Gasteiger charge is -2.10. The number of aliphatic hydroxyl groups excluding tert-OH is 1. The van der Waals surface area contributed by atoms with Crippen LogP contribution < -0.4 is 0 Å². The molecule has 0 aromatic heterocycles. The van der Waals surface area contributed by atoms with Gasteiger partial charge < -0.3 is 10.2 Å². The van der Waals surface area contributed by atoms with Crippen molar-refractivity contribution in [3.8, 4) is 5.75 Å². The van der Waals surface area contributed by atoms with Crippen molar-refractivity contribution in [2.24, 2.45) is 0 Å². The molecule has 2 N–H and O–H groups in total. The third-order valence-corrected chi connectivity index (χ3v) is 3.00. The second kappa shape index (κ2) is 3.46. The lowest BCUT2D eigenvalue weighted by Crippen LogP contribution is -1.94. The van der Waals surface area contributed by atoms with Crippen LogP contribution in [-0.4, -0.2) is 10.2 Å². The van der Waals surface area contributed by atoms with Crippen LogP contribution in [-0.2, 0) is 6.61 Å². The van der Waals surface area contributed by atoms with Gasteiger partial charge >= 0.3 is 0 Å². The Balaban J connectivity index is 3.40. The van der Waals surface area contributed by atoms with Gasteiger partial charge in [-0.25, -0.2) is 0 Å². The number of aryl methyl sites for hydroxylation is 1. The Morgan fingerprint density at radius 1 is 1.42 bits per heavy atom. The molecule has 0 spiro atoms. The minimum absolute atomic E-state index is 0.0105. The van der Waals surface area contributed by atoms with E-state index in [1.165, 1.54) is 0 Å². The summed E-state index contributed by atoms with van der Waals surface area (Å²) < 4.78 is 0.664. The van der Waals surface area contributed by atoms with Crippen molar-refractivity contribution in [2.75, 3.05) is 0 Å². The maximum Gasteiger partial charge on any atom is 0.130 e. The number of aliphatic hydroxyl groups is 1. The Labute approximate surface area is 80.0 Å². The van der Waals surface area contributed by atoms with E-state index in [1.807, 2.05) is 13.8 Å². The first kappa shape index (κ1) is 9.55. The Kier molecular flexibility index (Phi) is 2.75. The van der Waals surface area contributed by atoms with Crippen LogP contribution in [0, 0.1) is 13.8 Å². The van der Waals surface area contributed by atoms with Gasteiger partial charge in [-0.05, 0) is 52.5 Å². The summed E-state index contributed by atoms with van der Waals surface area (Å²) in [4.78, 5) is 0. The molecule has 12 heavy (non-hydrogen) atoms. The summed E-state index contributed by atoms with van der Waals surface area (Å²) in [5.41, 5.74) is 2.69. The summed E-state index contributed by atoms with van der Waals surface area (Å²) in [6, 6.07) is 1.64. The lowest BCUT2D eigenvalue weighted by atomic mass is 10.0. The van der Waals surface area contributed by atoms with Gasteiger partial charge in [-0.3, -0.25) is 0 Å². The van der Waals surface area contributed by atoms with E-state index in [-0.39, 0.29) is 12.4 Å². The van der Waals surface area contributed by atoms with Crippen molar-refractivity contribution in [1.29, 1.82) is 0 Å². The fourth-order valence-corrected chi connectivity index (χ4v) is 1.57. The highest BCUT2D eigenvalue weighted by molar-refractivity contribution is 9.10. The molecule has 66 valence electrons. The van der Waals surface area contributed by atoms with Gasteiger partial charge in [0, 0.05) is 0 Å². The third-order valence-electron chi connectivity index (χ3n) is 1.99. The van der Waals surface area contributed by atoms with Crippen LogP contribution in [0.25, 0.3) is 0 Å². The molecule has 1 rings (SSSR count). The van der Waals surface area contributed by atoms with Gasteiger partial charge in [-0.2, -0.15) is 0 Å². The van der Waals surface area contributed by atoms with Crippen LogP contribution in [0.4, 0.5) is 0 Å². The first-order valence-electron chi connectivity index (χ1n) is 3.66. The van der Waals surface area contributed by atoms with Crippen LogP contribution >= 0.6 is 15.9 Å². The van der Waals surface area contributed by atoms with E-state index < -0.39 is 0 Å². The maximum absolute atomic E-state index is 9.37. The zero-order valence-corrected chi connectivity index (χ0v) is 8.64. The molecular weight excluding hydrogens is 220 g/mol. The molecule has 0 radical (unpaired) electrons. The van der Waals surface area contributed by atoms with E-state index in [0.29, 0.717) is 4.47 Å². The van der Waals surface area contributed by atoms with Crippen molar-refractivity contribution >= 4 is 15.9 Å². The molecule has 1 aromatic carbocycles. The molecule has 0 fully saturated rings. The largest absolute Gasteiger partial charge is 0.507 e. The normalized spacial score (nSPS) is 10.3. The third kappa shape index (κ3) is 1.47. The Morgan fingerprint density at radius 3 is 2.50 bits per heavy atom. The number of phenolic OH excluding ortho intramolecular Hbond substituents is 1. The highest BCUT2D eigenvalue weighted by atomic mass is 79.9. The first-order chi connectivity index (χ1) is 5.57. The van der Waals surface area contributed by atoms with Crippen molar-refractivity contribution in [3.05, 3.63) is 27.2 Å². The van der Waals surface area contributed by atoms with Crippen molar-refractivity contribution in [1.82, 2.24) is 0 Å². The summed E-state index contributed by atoms with van der Waals surface area (Å²) in [6.45, 7) is 3.74. The number of hydrogen-bond donors (Lipinski definition) is 2. The minimum atomic E-state index is 0.0105. The zero-order chi connectivity index (χ0) is 9.30. The quantitative estimate of drug-likeness (QED) is 0.778. The number of halogens is 1. The van der Waals surface area contributed by atoms with Crippen LogP contribution in [0.1, 0.15) is 16.7 Å². The molecule has 0 saturated carbocycles. The van der Waals surface area contributed by atoms with E-state index in [2.05, 4.69) is 15.9 Å². The summed E-state index contributed by atoms with van der Waals surface area (Å²) in [5.74, 6) is 0.224. The number of rotatable bonds is 1. The van der Waals surface area contributed by atoms with Crippen molar-refractivity contribution < 1.29 is 10.2 Å². The smallest absolute Gasteiger partial charge is 0.130 e. The molecule has 3 heteroatoms. The fourth-order valence-electron chi connectivity index (χ4n) is 1.22. The van der Waals surface area contributed by atoms with Gasteiger partial charge in [0.25, 0.3) is 0 Å². The molecule has 0 aliphatic heterocycles. The molecule has 0 bridgehead atoms. The summed E-state index contributed by atoms with van der Waals surface area (Å²) in [5, 5.41) is 18.4. The van der Waals surface area contributed by atoms with E-state index >= 15 is 0 Å². The average Bonchev–Trinajstić information content (AvgIpc) is 2.01. The number of benzene rings is 1. The highest BCUT2D eigenvalue weighted by Crippen LogP contribution is 2.31. The second-order valence-electron chi connectivity index (χ2n) is 2.79. The maximum atomic E-state index is 9.37. The van der Waals surface area contributed by atoms with E-state index in [1.54, 1.807) is 6.07 Å². The van der Waals surface area contributed by atoms with Gasteiger partial charge in [-0.1, -0.05) is 0 Å². The van der Waals surface area contributed by atoms with E-state index in [4.69, 9.17) is 5.11 Å². The van der Waals surface area contributed by atoms with Gasteiger partial charge in [-0.15, -0.1) is 0 Å². The second-order valence-corrected chi connectivity index (χ2v) is 3.58. The Bertz CT molecular complexity index is 308. The topological polar surface area (TPSA) is 40.5 Å². The molecular formula is C9H11BrO2. The summed E-state index contributed by atoms with van der Waals surface area (Å²) in [6.07, 6.45) is 0. The fraction of sp³-hybridized carbons (Fsp3) is 0.333. The minimum Gasteiger partial charge on any atom is -0.507 e. The standard InChI is InChI=1S/C9H11BrO2/c1-5-3-8(12)9(10)6(2)7(5)4-11/h3,11-12H,4H2,1-2H3. The number of aromatic hydroxyl groups is 1. The SMILES string of the molecule is Cc1cc(O)c(Br)c(C)c1CO. The molecule has 0 heterocycles. The Hall–Kier alpha value is -0.540. The van der Waals surface area contributed by atoms with Gasteiger partial charge in [0.2, 0.25) is 0 Å². The molecule has 0 unspecified atom stereocenters. The van der Waals surface area contributed by atoms with Gasteiger partial charge in [0.1, 0.15) is 5.75 Å². The van der Waals surface area contributed by atoms with Crippen molar-refractivity contribution in [3.63, 3.8) is 0 Å². The monoisotopic (exact) mass is 230 g/mol. The van der Waals surface area contributed by atoms with Crippen LogP contribution in [0.5, 0.6) is 5.75 Å². The lowest BCUT2D eigenvalue weighted by molar-refractivity contribution is 0.280. The number of hydrogen-bond acceptors (Lipinski definition) is 2. The molecule has 0 aliphatic rings. The van der Waals surface area contributed by atoms with Crippen LogP contribution in [0.3, 0.4) is 0 Å². The molecule has 0 saturated heterocycles. The zero-order valence-electron chi connectivity index (χ0n) is 7.06. The molecule has 2 nitrogen and oxygen atoms in total. The predicted molar refractivity (Wildman–Crippen MR) is 51.2 cm³/mol. The van der Waals surface area contributed by atoms with Crippen LogP contribution in [0.15, 0.2) is 10.5 Å². The molecule has 0 atom stereocenters. The predicted octanol–water partition coefficient (Wildman–Crippen LogP) is 2.26. The van der Waals surface area contributed by atoms with E-state index in [9.17, 15) is 5.11 Å². The molecule has 0 aliphatic carbocycles. The van der Waals surface area contributed by atoms with Gasteiger partial charge in [0.05, 0.1) is 11.1 Å². The summed E-state index contributed by atoms with van der Waals surface area (Å²) >= 11 is 3.24. The van der Waals surface area contributed by atoms with Crippen molar-refractivity contribution in [2.45, 2.75) is 20.5 Å². The number of phenols is 1. The van der Waals surface area contributed by atoms with E-state index in [0.717, 1.165) is 16.7 Å². The summed E-state index contributed by atoms with van der Waals surface area (Å²) in [7, 11) is 0. The van der Waals surface area contributed by atoms with Crippen LogP contribution in [0.2, 0.25) is 0 Å². The highest BCUT2D eigenvalue weighted by Gasteiger charge is 2.08. The molecule has 1 aromatic rings. The Morgan fingerprint density at radius 2 is 2.00 bits per heavy atom. The van der Waals surface area contributed by atoms with Gasteiger partial charge in [0.15, 0.2) is 0 Å².